The third-order valence-electron chi connectivity index (χ3n) is 4.41. The first kappa shape index (κ1) is 12.8. The van der Waals surface area contributed by atoms with Crippen LogP contribution < -0.4 is 0 Å². The molecule has 1 aliphatic carbocycles. The fraction of sp³-hybridized carbons (Fsp3) is 0.923. The maximum atomic E-state index is 11.5. The van der Waals surface area contributed by atoms with Crippen molar-refractivity contribution in [3.05, 3.63) is 0 Å². The first-order valence-electron chi connectivity index (χ1n) is 6.60. The van der Waals surface area contributed by atoms with Crippen LogP contribution in [0.5, 0.6) is 0 Å². The van der Waals surface area contributed by atoms with E-state index in [9.17, 15) is 15.0 Å². The smallest absolute Gasteiger partial charge is 0.321 e. The minimum Gasteiger partial charge on any atom is -0.480 e. The molecule has 3 atom stereocenters. The molecule has 1 saturated carbocycles. The first-order chi connectivity index (χ1) is 7.93. The minimum absolute atomic E-state index is 0.0516. The lowest BCUT2D eigenvalue weighted by molar-refractivity contribution is -0.154. The molecule has 4 nitrogen and oxygen atoms in total. The van der Waals surface area contributed by atoms with Crippen molar-refractivity contribution in [2.75, 3.05) is 6.54 Å². The summed E-state index contributed by atoms with van der Waals surface area (Å²) in [5.41, 5.74) is -0.202. The molecule has 1 heterocycles. The van der Waals surface area contributed by atoms with Gasteiger partial charge in [-0.2, -0.15) is 0 Å². The van der Waals surface area contributed by atoms with E-state index < -0.39 is 12.0 Å². The molecule has 3 unspecified atom stereocenters. The van der Waals surface area contributed by atoms with Gasteiger partial charge < -0.3 is 10.2 Å². The Hall–Kier alpha value is -0.610. The molecule has 2 fully saturated rings. The molecule has 1 aliphatic heterocycles. The number of aliphatic carboxylic acids is 1. The van der Waals surface area contributed by atoms with Gasteiger partial charge in [0.25, 0.3) is 0 Å². The van der Waals surface area contributed by atoms with Crippen LogP contribution in [0.3, 0.4) is 0 Å². The second-order valence-electron chi connectivity index (χ2n) is 6.14. The zero-order valence-corrected chi connectivity index (χ0v) is 10.7. The number of aliphatic hydroxyl groups is 1. The van der Waals surface area contributed by atoms with Gasteiger partial charge >= 0.3 is 5.97 Å². The monoisotopic (exact) mass is 241 g/mol. The van der Waals surface area contributed by atoms with Crippen LogP contribution in [-0.4, -0.2) is 45.8 Å². The molecule has 4 heteroatoms. The summed E-state index contributed by atoms with van der Waals surface area (Å²) >= 11 is 0. The molecule has 0 aromatic heterocycles. The third kappa shape index (κ3) is 2.33. The van der Waals surface area contributed by atoms with Crippen molar-refractivity contribution in [1.82, 2.24) is 4.90 Å². The fourth-order valence-electron chi connectivity index (χ4n) is 3.57. The largest absolute Gasteiger partial charge is 0.480 e. The average molecular weight is 241 g/mol. The summed E-state index contributed by atoms with van der Waals surface area (Å²) in [5.74, 6) is -0.742. The van der Waals surface area contributed by atoms with Crippen LogP contribution in [0.15, 0.2) is 0 Å². The molecule has 0 spiro atoms. The Morgan fingerprint density at radius 2 is 2.00 bits per heavy atom. The van der Waals surface area contributed by atoms with Gasteiger partial charge in [-0.3, -0.25) is 9.69 Å². The van der Waals surface area contributed by atoms with Crippen molar-refractivity contribution >= 4 is 5.97 Å². The summed E-state index contributed by atoms with van der Waals surface area (Å²) < 4.78 is 0. The van der Waals surface area contributed by atoms with Gasteiger partial charge in [0.1, 0.15) is 6.04 Å². The molecular formula is C13H23NO3. The summed E-state index contributed by atoms with van der Waals surface area (Å²) in [5, 5.41) is 19.4. The lowest BCUT2D eigenvalue weighted by atomic mass is 9.75. The van der Waals surface area contributed by atoms with Crippen LogP contribution >= 0.6 is 0 Å². The van der Waals surface area contributed by atoms with E-state index in [0.29, 0.717) is 0 Å². The lowest BCUT2D eigenvalue weighted by Gasteiger charge is -2.47. The highest BCUT2D eigenvalue weighted by Crippen LogP contribution is 2.39. The van der Waals surface area contributed by atoms with Crippen LogP contribution in [0, 0.1) is 5.41 Å². The Labute approximate surface area is 103 Å². The van der Waals surface area contributed by atoms with Crippen molar-refractivity contribution in [2.24, 2.45) is 5.41 Å². The predicted molar refractivity (Wildman–Crippen MR) is 64.8 cm³/mol. The van der Waals surface area contributed by atoms with E-state index in [1.165, 1.54) is 0 Å². The van der Waals surface area contributed by atoms with Crippen LogP contribution in [0.25, 0.3) is 0 Å². The number of carbonyl (C=O) groups is 1. The number of rotatable bonds is 2. The summed E-state index contributed by atoms with van der Waals surface area (Å²) in [7, 11) is 0. The lowest BCUT2D eigenvalue weighted by Crippen LogP contribution is -2.59. The number of hydrogen-bond donors (Lipinski definition) is 2. The van der Waals surface area contributed by atoms with Crippen molar-refractivity contribution in [2.45, 2.75) is 64.1 Å². The molecule has 1 saturated heterocycles. The Morgan fingerprint density at radius 3 is 2.53 bits per heavy atom. The van der Waals surface area contributed by atoms with Gasteiger partial charge in [-0.1, -0.05) is 13.8 Å². The molecule has 0 aromatic rings. The van der Waals surface area contributed by atoms with Crippen LogP contribution in [0.4, 0.5) is 0 Å². The van der Waals surface area contributed by atoms with E-state index in [1.807, 2.05) is 18.7 Å². The van der Waals surface area contributed by atoms with E-state index in [1.54, 1.807) is 0 Å². The highest BCUT2D eigenvalue weighted by molar-refractivity contribution is 5.74. The number of piperidine rings is 1. The highest BCUT2D eigenvalue weighted by atomic mass is 16.4. The van der Waals surface area contributed by atoms with Gasteiger partial charge in [0.2, 0.25) is 0 Å². The van der Waals surface area contributed by atoms with Crippen molar-refractivity contribution < 1.29 is 15.0 Å². The van der Waals surface area contributed by atoms with Gasteiger partial charge in [-0.05, 0) is 44.1 Å². The quantitative estimate of drug-likeness (QED) is 0.768. The number of aliphatic hydroxyl groups excluding tert-OH is 1. The molecule has 0 aromatic carbocycles. The molecule has 2 aliphatic rings. The van der Waals surface area contributed by atoms with E-state index in [0.717, 1.165) is 38.6 Å². The molecular weight excluding hydrogens is 218 g/mol. The molecule has 17 heavy (non-hydrogen) atoms. The van der Waals surface area contributed by atoms with E-state index in [-0.39, 0.29) is 17.6 Å². The zero-order chi connectivity index (χ0) is 12.6. The van der Waals surface area contributed by atoms with E-state index in [2.05, 4.69) is 0 Å². The van der Waals surface area contributed by atoms with Gasteiger partial charge in [0.15, 0.2) is 0 Å². The van der Waals surface area contributed by atoms with Crippen molar-refractivity contribution in [3.63, 3.8) is 0 Å². The second kappa shape index (κ2) is 4.58. The summed E-state index contributed by atoms with van der Waals surface area (Å²) in [6, 6.07) is -0.398. The summed E-state index contributed by atoms with van der Waals surface area (Å²) in [4.78, 5) is 13.6. The molecule has 2 N–H and O–H groups in total. The normalized spacial score (nSPS) is 38.2. The van der Waals surface area contributed by atoms with Gasteiger partial charge in [-0.15, -0.1) is 0 Å². The zero-order valence-electron chi connectivity index (χ0n) is 10.7. The first-order valence-corrected chi connectivity index (χ1v) is 6.60. The molecule has 0 amide bonds. The van der Waals surface area contributed by atoms with Crippen LogP contribution in [0.2, 0.25) is 0 Å². The summed E-state index contributed by atoms with van der Waals surface area (Å²) in [6.07, 6.45) is 4.39. The van der Waals surface area contributed by atoms with Crippen molar-refractivity contribution in [3.8, 4) is 0 Å². The third-order valence-corrected chi connectivity index (χ3v) is 4.41. The Morgan fingerprint density at radius 1 is 1.29 bits per heavy atom. The van der Waals surface area contributed by atoms with Crippen molar-refractivity contribution in [1.29, 1.82) is 0 Å². The standard InChI is InChI=1S/C13H23NO3/c1-13(2)7-4-8-14(11(13)12(16)17)9-5-3-6-10(9)15/h9-11,15H,3-8H2,1-2H3,(H,16,17). The van der Waals surface area contributed by atoms with Gasteiger partial charge in [0, 0.05) is 6.04 Å². The maximum absolute atomic E-state index is 11.5. The second-order valence-corrected chi connectivity index (χ2v) is 6.14. The van der Waals surface area contributed by atoms with E-state index >= 15 is 0 Å². The number of carboxylic acid groups (broad SMARTS) is 1. The number of likely N-dealkylation sites (tertiary alicyclic amines) is 1. The van der Waals surface area contributed by atoms with E-state index in [4.69, 9.17) is 0 Å². The maximum Gasteiger partial charge on any atom is 0.321 e. The Kier molecular flexibility index (Phi) is 3.46. The van der Waals surface area contributed by atoms with Gasteiger partial charge in [-0.25, -0.2) is 0 Å². The minimum atomic E-state index is -0.742. The molecule has 2 rings (SSSR count). The molecule has 0 bridgehead atoms. The SMILES string of the molecule is CC1(C)CCCN(C2CCCC2O)C1C(=O)O. The predicted octanol–water partition coefficient (Wildman–Crippen LogP) is 1.47. The molecule has 98 valence electrons. The van der Waals surface area contributed by atoms with Crippen LogP contribution in [-0.2, 0) is 4.79 Å². The topological polar surface area (TPSA) is 60.8 Å². The number of carboxylic acids is 1. The van der Waals surface area contributed by atoms with Gasteiger partial charge in [0.05, 0.1) is 6.10 Å². The summed E-state index contributed by atoms with van der Waals surface area (Å²) in [6.45, 7) is 4.86. The number of hydrogen-bond acceptors (Lipinski definition) is 3. The average Bonchev–Trinajstić information content (AvgIpc) is 2.61. The highest BCUT2D eigenvalue weighted by Gasteiger charge is 2.47. The number of nitrogens with zero attached hydrogens (tertiary/aromatic N) is 1. The Bertz CT molecular complexity index is 303. The fourth-order valence-corrected chi connectivity index (χ4v) is 3.57. The van der Waals surface area contributed by atoms with Crippen LogP contribution in [0.1, 0.15) is 46.0 Å². The Balaban J connectivity index is 2.21. The molecule has 0 radical (unpaired) electrons.